The molecule has 25 heavy (non-hydrogen) atoms. The number of carboxylic acid groups (broad SMARTS) is 1. The van der Waals surface area contributed by atoms with E-state index in [1.54, 1.807) is 13.0 Å². The molecule has 2 aromatic rings. The van der Waals surface area contributed by atoms with Crippen molar-refractivity contribution in [3.63, 3.8) is 0 Å². The summed E-state index contributed by atoms with van der Waals surface area (Å²) in [5.41, 5.74) is 1.08. The summed E-state index contributed by atoms with van der Waals surface area (Å²) in [6, 6.07) is 9.36. The van der Waals surface area contributed by atoms with Crippen LogP contribution in [0.1, 0.15) is 23.7 Å². The standard InChI is InChI=1S/C19H17F2NO3/c1-11-15(19(24)25)8-9-22(11)18(23)16-7-4-13(10-17(16)21)12-2-5-14(20)6-3-12/h2-7,10-11,15H,8-9H2,1H3,(H,24,25). The predicted octanol–water partition coefficient (Wildman–Crippen LogP) is 3.57. The summed E-state index contributed by atoms with van der Waals surface area (Å²) in [6.07, 6.45) is 0.359. The molecular weight excluding hydrogens is 328 g/mol. The molecule has 0 radical (unpaired) electrons. The molecule has 1 saturated heterocycles. The molecule has 0 bridgehead atoms. The van der Waals surface area contributed by atoms with Gasteiger partial charge in [-0.1, -0.05) is 18.2 Å². The number of amides is 1. The highest BCUT2D eigenvalue weighted by atomic mass is 19.1. The van der Waals surface area contributed by atoms with Crippen LogP contribution in [0.2, 0.25) is 0 Å². The summed E-state index contributed by atoms with van der Waals surface area (Å²) in [7, 11) is 0. The van der Waals surface area contributed by atoms with Gasteiger partial charge in [-0.15, -0.1) is 0 Å². The number of hydrogen-bond acceptors (Lipinski definition) is 2. The lowest BCUT2D eigenvalue weighted by molar-refractivity contribution is -0.142. The molecule has 1 aliphatic rings. The van der Waals surface area contributed by atoms with E-state index in [1.165, 1.54) is 41.3 Å². The quantitative estimate of drug-likeness (QED) is 0.925. The number of aliphatic carboxylic acids is 1. The first kappa shape index (κ1) is 17.1. The fourth-order valence-electron chi connectivity index (χ4n) is 3.22. The zero-order valence-corrected chi connectivity index (χ0v) is 13.6. The number of carbonyl (C=O) groups is 2. The van der Waals surface area contributed by atoms with E-state index in [1.807, 2.05) is 0 Å². The van der Waals surface area contributed by atoms with Gasteiger partial charge in [-0.05, 0) is 48.7 Å². The largest absolute Gasteiger partial charge is 0.481 e. The molecular formula is C19H17F2NO3. The van der Waals surface area contributed by atoms with Crippen LogP contribution in [0.5, 0.6) is 0 Å². The molecule has 3 rings (SSSR count). The van der Waals surface area contributed by atoms with Gasteiger partial charge in [0.05, 0.1) is 11.5 Å². The molecule has 1 fully saturated rings. The minimum atomic E-state index is -0.949. The second-order valence-corrected chi connectivity index (χ2v) is 6.17. The highest BCUT2D eigenvalue weighted by molar-refractivity contribution is 5.96. The third-order valence-corrected chi connectivity index (χ3v) is 4.71. The van der Waals surface area contributed by atoms with Crippen LogP contribution in [0.4, 0.5) is 8.78 Å². The van der Waals surface area contributed by atoms with Gasteiger partial charge in [0.1, 0.15) is 11.6 Å². The van der Waals surface area contributed by atoms with E-state index in [-0.39, 0.29) is 17.9 Å². The van der Waals surface area contributed by atoms with Gasteiger partial charge in [0.2, 0.25) is 0 Å². The molecule has 2 atom stereocenters. The lowest BCUT2D eigenvalue weighted by atomic mass is 10.0. The van der Waals surface area contributed by atoms with Crippen molar-refractivity contribution in [2.45, 2.75) is 19.4 Å². The normalized spacial score (nSPS) is 19.9. The van der Waals surface area contributed by atoms with Crippen molar-refractivity contribution in [3.8, 4) is 11.1 Å². The minimum Gasteiger partial charge on any atom is -0.481 e. The van der Waals surface area contributed by atoms with Crippen molar-refractivity contribution in [3.05, 3.63) is 59.7 Å². The molecule has 2 aromatic carbocycles. The highest BCUT2D eigenvalue weighted by Crippen LogP contribution is 2.28. The Morgan fingerprint density at radius 3 is 2.28 bits per heavy atom. The van der Waals surface area contributed by atoms with Gasteiger partial charge in [-0.2, -0.15) is 0 Å². The maximum absolute atomic E-state index is 14.5. The molecule has 6 heteroatoms. The number of rotatable bonds is 3. The molecule has 0 aliphatic carbocycles. The highest BCUT2D eigenvalue weighted by Gasteiger charge is 2.38. The number of halogens is 2. The molecule has 4 nitrogen and oxygen atoms in total. The average molecular weight is 345 g/mol. The van der Waals surface area contributed by atoms with Crippen LogP contribution in [0.25, 0.3) is 11.1 Å². The second kappa shape index (κ2) is 6.63. The van der Waals surface area contributed by atoms with Crippen LogP contribution < -0.4 is 0 Å². The smallest absolute Gasteiger partial charge is 0.308 e. The van der Waals surface area contributed by atoms with Crippen LogP contribution in [0.3, 0.4) is 0 Å². The van der Waals surface area contributed by atoms with Crippen LogP contribution in [-0.2, 0) is 4.79 Å². The van der Waals surface area contributed by atoms with Crippen molar-refractivity contribution >= 4 is 11.9 Å². The van der Waals surface area contributed by atoms with E-state index in [0.29, 0.717) is 17.5 Å². The first-order chi connectivity index (χ1) is 11.9. The number of benzene rings is 2. The van der Waals surface area contributed by atoms with Crippen LogP contribution in [0.15, 0.2) is 42.5 Å². The third kappa shape index (κ3) is 3.24. The van der Waals surface area contributed by atoms with Gasteiger partial charge in [0.25, 0.3) is 5.91 Å². The Bertz CT molecular complexity index is 820. The Kier molecular flexibility index (Phi) is 4.53. The van der Waals surface area contributed by atoms with Gasteiger partial charge in [0.15, 0.2) is 0 Å². The molecule has 1 heterocycles. The Hall–Kier alpha value is -2.76. The zero-order chi connectivity index (χ0) is 18.1. The van der Waals surface area contributed by atoms with Crippen molar-refractivity contribution in [1.82, 2.24) is 4.90 Å². The fraction of sp³-hybridized carbons (Fsp3) is 0.263. The van der Waals surface area contributed by atoms with Crippen molar-refractivity contribution in [2.24, 2.45) is 5.92 Å². The molecule has 1 amide bonds. The van der Waals surface area contributed by atoms with Crippen molar-refractivity contribution in [1.29, 1.82) is 0 Å². The van der Waals surface area contributed by atoms with Crippen LogP contribution in [-0.4, -0.2) is 34.5 Å². The number of likely N-dealkylation sites (tertiary alicyclic amines) is 1. The van der Waals surface area contributed by atoms with E-state index in [2.05, 4.69) is 0 Å². The maximum Gasteiger partial charge on any atom is 0.308 e. The van der Waals surface area contributed by atoms with E-state index < -0.39 is 29.7 Å². The molecule has 0 aromatic heterocycles. The zero-order valence-electron chi connectivity index (χ0n) is 13.6. The van der Waals surface area contributed by atoms with E-state index >= 15 is 0 Å². The summed E-state index contributed by atoms with van der Waals surface area (Å²) in [4.78, 5) is 25.2. The monoisotopic (exact) mass is 345 g/mol. The van der Waals surface area contributed by atoms with Gasteiger partial charge in [-0.3, -0.25) is 9.59 Å². The summed E-state index contributed by atoms with van der Waals surface area (Å²) < 4.78 is 27.4. The van der Waals surface area contributed by atoms with Crippen LogP contribution in [0, 0.1) is 17.6 Å². The Labute approximate surface area is 143 Å². The van der Waals surface area contributed by atoms with Crippen molar-refractivity contribution < 1.29 is 23.5 Å². The van der Waals surface area contributed by atoms with E-state index in [4.69, 9.17) is 5.11 Å². The van der Waals surface area contributed by atoms with Gasteiger partial charge in [0, 0.05) is 12.6 Å². The number of hydrogen-bond donors (Lipinski definition) is 1. The molecule has 1 N–H and O–H groups in total. The Morgan fingerprint density at radius 1 is 1.08 bits per heavy atom. The Morgan fingerprint density at radius 2 is 1.72 bits per heavy atom. The first-order valence-corrected chi connectivity index (χ1v) is 7.97. The number of carboxylic acids is 1. The van der Waals surface area contributed by atoms with Crippen LogP contribution >= 0.6 is 0 Å². The maximum atomic E-state index is 14.5. The van der Waals surface area contributed by atoms with Gasteiger partial charge in [-0.25, -0.2) is 8.78 Å². The van der Waals surface area contributed by atoms with E-state index in [0.717, 1.165) is 0 Å². The lowest BCUT2D eigenvalue weighted by Crippen LogP contribution is -2.38. The summed E-state index contributed by atoms with van der Waals surface area (Å²) in [5, 5.41) is 9.15. The average Bonchev–Trinajstić information content (AvgIpc) is 2.96. The summed E-state index contributed by atoms with van der Waals surface area (Å²) >= 11 is 0. The molecule has 130 valence electrons. The van der Waals surface area contributed by atoms with E-state index in [9.17, 15) is 18.4 Å². The summed E-state index contributed by atoms with van der Waals surface area (Å²) in [5.74, 6) is -3.16. The predicted molar refractivity (Wildman–Crippen MR) is 88.0 cm³/mol. The van der Waals surface area contributed by atoms with Crippen molar-refractivity contribution in [2.75, 3.05) is 6.54 Å². The molecule has 1 aliphatic heterocycles. The Balaban J connectivity index is 1.85. The topological polar surface area (TPSA) is 57.6 Å². The number of carbonyl (C=O) groups excluding carboxylic acids is 1. The first-order valence-electron chi connectivity index (χ1n) is 7.97. The molecule has 0 saturated carbocycles. The molecule has 2 unspecified atom stereocenters. The van der Waals surface area contributed by atoms with Gasteiger partial charge < -0.3 is 10.0 Å². The summed E-state index contributed by atoms with van der Waals surface area (Å²) in [6.45, 7) is 1.95. The molecule has 0 spiro atoms. The SMILES string of the molecule is CC1C(C(=O)O)CCN1C(=O)c1ccc(-c2ccc(F)cc2)cc1F. The second-order valence-electron chi connectivity index (χ2n) is 6.17. The fourth-order valence-corrected chi connectivity index (χ4v) is 3.22. The minimum absolute atomic E-state index is 0.0937. The third-order valence-electron chi connectivity index (χ3n) is 4.71. The van der Waals surface area contributed by atoms with Gasteiger partial charge >= 0.3 is 5.97 Å². The lowest BCUT2D eigenvalue weighted by Gasteiger charge is -2.23. The number of nitrogens with zero attached hydrogens (tertiary/aromatic N) is 1.